The molecule has 5 nitrogen and oxygen atoms in total. The lowest BCUT2D eigenvalue weighted by Crippen LogP contribution is -1.99. The number of benzene rings is 2. The van der Waals surface area contributed by atoms with Gasteiger partial charge in [-0.05, 0) is 75.4 Å². The van der Waals surface area contributed by atoms with Crippen molar-refractivity contribution in [2.45, 2.75) is 25.7 Å². The van der Waals surface area contributed by atoms with E-state index in [2.05, 4.69) is 41.8 Å². The first-order valence-electron chi connectivity index (χ1n) is 9.14. The normalized spacial score (nSPS) is 14.4. The average Bonchev–Trinajstić information content (AvgIpc) is 3.20. The van der Waals surface area contributed by atoms with E-state index in [-0.39, 0.29) is 5.75 Å². The van der Waals surface area contributed by atoms with Crippen molar-refractivity contribution in [2.75, 3.05) is 0 Å². The minimum absolute atomic E-state index is 0.203. The van der Waals surface area contributed by atoms with Gasteiger partial charge < -0.3 is 14.1 Å². The van der Waals surface area contributed by atoms with Crippen molar-refractivity contribution in [3.05, 3.63) is 50.1 Å². The summed E-state index contributed by atoms with van der Waals surface area (Å²) in [6.45, 7) is 0. The minimum Gasteiger partial charge on any atom is -0.507 e. The van der Waals surface area contributed by atoms with Crippen molar-refractivity contribution < 1.29 is 9.52 Å². The number of aromatic nitrogens is 2. The largest absolute Gasteiger partial charge is 0.507 e. The number of halogens is 2. The summed E-state index contributed by atoms with van der Waals surface area (Å²) in [5.74, 6) is 1.82. The van der Waals surface area contributed by atoms with E-state index in [0.29, 0.717) is 11.5 Å². The lowest BCUT2D eigenvalue weighted by atomic mass is 9.94. The van der Waals surface area contributed by atoms with E-state index in [1.54, 1.807) is 12.3 Å². The Balaban J connectivity index is 1.65. The molecule has 1 aliphatic rings. The molecule has 0 fully saturated rings. The van der Waals surface area contributed by atoms with E-state index in [0.717, 1.165) is 62.4 Å². The molecule has 2 aromatic heterocycles. The fourth-order valence-electron chi connectivity index (χ4n) is 3.92. The van der Waals surface area contributed by atoms with Crippen LogP contribution in [0.1, 0.15) is 29.7 Å². The van der Waals surface area contributed by atoms with Crippen molar-refractivity contribution >= 4 is 66.0 Å². The van der Waals surface area contributed by atoms with Crippen molar-refractivity contribution in [3.63, 3.8) is 0 Å². The number of furan rings is 1. The number of aliphatic imine (C=N–C) groups is 1. The quantitative estimate of drug-likeness (QED) is 0.333. The predicted octanol–water partition coefficient (Wildman–Crippen LogP) is 6.18. The highest BCUT2D eigenvalue weighted by molar-refractivity contribution is 9.13. The van der Waals surface area contributed by atoms with Crippen LogP contribution in [-0.4, -0.2) is 20.9 Å². The molecule has 4 aromatic rings. The van der Waals surface area contributed by atoms with Gasteiger partial charge in [-0.1, -0.05) is 0 Å². The Bertz CT molecular complexity index is 1270. The Morgan fingerprint density at radius 1 is 1.18 bits per heavy atom. The van der Waals surface area contributed by atoms with Crippen molar-refractivity contribution in [1.82, 2.24) is 9.55 Å². The zero-order chi connectivity index (χ0) is 19.4. The van der Waals surface area contributed by atoms with Crippen LogP contribution < -0.4 is 0 Å². The SMILES string of the molecule is Cn1c(N=Cc2c(O)ccc3oc4c(c23)CCCC4)nc2cc(Br)c(Br)cc21. The highest BCUT2D eigenvalue weighted by atomic mass is 79.9. The highest BCUT2D eigenvalue weighted by Gasteiger charge is 2.21. The molecule has 142 valence electrons. The summed E-state index contributed by atoms with van der Waals surface area (Å²) in [5, 5.41) is 11.5. The standard InChI is InChI=1S/C21H17Br2N3O2/c1-26-16-9-14(23)13(22)8-15(16)25-21(26)24-10-12-17(27)6-7-19-20(12)11-4-2-3-5-18(11)28-19/h6-10,27H,2-5H2,1H3. The van der Waals surface area contributed by atoms with Crippen LogP contribution in [0.25, 0.3) is 22.0 Å². The summed E-state index contributed by atoms with van der Waals surface area (Å²) < 4.78 is 9.88. The molecule has 0 saturated carbocycles. The summed E-state index contributed by atoms with van der Waals surface area (Å²) >= 11 is 7.05. The average molecular weight is 503 g/mol. The summed E-state index contributed by atoms with van der Waals surface area (Å²) in [6.07, 6.45) is 5.92. The van der Waals surface area contributed by atoms with Gasteiger partial charge in [-0.25, -0.2) is 9.98 Å². The molecule has 2 heterocycles. The maximum absolute atomic E-state index is 10.5. The molecule has 0 unspecified atom stereocenters. The molecule has 0 aliphatic heterocycles. The fourth-order valence-corrected chi connectivity index (χ4v) is 4.58. The molecule has 5 rings (SSSR count). The molecular weight excluding hydrogens is 486 g/mol. The third-order valence-electron chi connectivity index (χ3n) is 5.34. The van der Waals surface area contributed by atoms with E-state index in [4.69, 9.17) is 4.42 Å². The first kappa shape index (κ1) is 17.9. The molecule has 1 aliphatic carbocycles. The van der Waals surface area contributed by atoms with Crippen LogP contribution in [0.4, 0.5) is 5.95 Å². The van der Waals surface area contributed by atoms with E-state index < -0.39 is 0 Å². The first-order chi connectivity index (χ1) is 13.5. The molecule has 0 saturated heterocycles. The van der Waals surface area contributed by atoms with Gasteiger partial charge in [-0.2, -0.15) is 0 Å². The molecule has 0 spiro atoms. The van der Waals surface area contributed by atoms with Gasteiger partial charge in [0.05, 0.1) is 11.0 Å². The number of fused-ring (bicyclic) bond motifs is 4. The van der Waals surface area contributed by atoms with E-state index in [1.807, 2.05) is 29.8 Å². The lowest BCUT2D eigenvalue weighted by molar-refractivity contribution is 0.474. The number of aryl methyl sites for hydroxylation is 3. The van der Waals surface area contributed by atoms with Crippen LogP contribution in [0.15, 0.2) is 42.6 Å². The van der Waals surface area contributed by atoms with Crippen LogP contribution in [0.3, 0.4) is 0 Å². The number of aromatic hydroxyl groups is 1. The summed E-state index contributed by atoms with van der Waals surface area (Å²) in [7, 11) is 1.93. The van der Waals surface area contributed by atoms with Gasteiger partial charge in [0.15, 0.2) is 0 Å². The smallest absolute Gasteiger partial charge is 0.230 e. The van der Waals surface area contributed by atoms with Gasteiger partial charge >= 0.3 is 0 Å². The maximum Gasteiger partial charge on any atom is 0.230 e. The molecule has 0 bridgehead atoms. The van der Waals surface area contributed by atoms with Gasteiger partial charge in [0.25, 0.3) is 0 Å². The number of phenolic OH excluding ortho intramolecular Hbond substituents is 1. The summed E-state index contributed by atoms with van der Waals surface area (Å²) in [4.78, 5) is 9.23. The number of nitrogens with zero attached hydrogens (tertiary/aromatic N) is 3. The third kappa shape index (κ3) is 2.79. The van der Waals surface area contributed by atoms with Crippen molar-refractivity contribution in [2.24, 2.45) is 12.0 Å². The molecule has 0 amide bonds. The second-order valence-electron chi connectivity index (χ2n) is 7.07. The lowest BCUT2D eigenvalue weighted by Gasteiger charge is -2.09. The van der Waals surface area contributed by atoms with Crippen LogP contribution in [0, 0.1) is 0 Å². The van der Waals surface area contributed by atoms with Crippen LogP contribution >= 0.6 is 31.9 Å². The maximum atomic E-state index is 10.5. The Labute approximate surface area is 178 Å². The number of hydrogen-bond acceptors (Lipinski definition) is 4. The van der Waals surface area contributed by atoms with Gasteiger partial charge in [0.2, 0.25) is 5.95 Å². The molecule has 2 aromatic carbocycles. The molecule has 7 heteroatoms. The number of rotatable bonds is 2. The number of phenols is 1. The minimum atomic E-state index is 0.203. The molecule has 28 heavy (non-hydrogen) atoms. The van der Waals surface area contributed by atoms with Gasteiger partial charge in [-0.15, -0.1) is 0 Å². The molecule has 1 N–H and O–H groups in total. The molecule has 0 radical (unpaired) electrons. The third-order valence-corrected chi connectivity index (χ3v) is 7.19. The Morgan fingerprint density at radius 2 is 1.96 bits per heavy atom. The Kier molecular flexibility index (Phi) is 4.32. The second kappa shape index (κ2) is 6.74. The van der Waals surface area contributed by atoms with Crippen LogP contribution in [0.5, 0.6) is 5.75 Å². The van der Waals surface area contributed by atoms with Crippen LogP contribution in [-0.2, 0) is 19.9 Å². The molecular formula is C21H17Br2N3O2. The van der Waals surface area contributed by atoms with Crippen LogP contribution in [0.2, 0.25) is 0 Å². The zero-order valence-electron chi connectivity index (χ0n) is 15.2. The van der Waals surface area contributed by atoms with Gasteiger partial charge in [-0.3, -0.25) is 0 Å². The summed E-state index contributed by atoms with van der Waals surface area (Å²) in [5.41, 5.74) is 4.54. The fraction of sp³-hybridized carbons (Fsp3) is 0.238. The summed E-state index contributed by atoms with van der Waals surface area (Å²) in [6, 6.07) is 7.48. The molecule has 0 atom stereocenters. The Morgan fingerprint density at radius 3 is 2.82 bits per heavy atom. The highest BCUT2D eigenvalue weighted by Crippen LogP contribution is 2.37. The predicted molar refractivity (Wildman–Crippen MR) is 118 cm³/mol. The van der Waals surface area contributed by atoms with Crippen molar-refractivity contribution in [3.8, 4) is 5.75 Å². The van der Waals surface area contributed by atoms with E-state index in [9.17, 15) is 5.11 Å². The Hall–Kier alpha value is -2.12. The van der Waals surface area contributed by atoms with Crippen molar-refractivity contribution in [1.29, 1.82) is 0 Å². The van der Waals surface area contributed by atoms with E-state index >= 15 is 0 Å². The number of hydrogen-bond donors (Lipinski definition) is 1. The first-order valence-corrected chi connectivity index (χ1v) is 10.7. The number of imidazole rings is 1. The second-order valence-corrected chi connectivity index (χ2v) is 8.78. The van der Waals surface area contributed by atoms with Gasteiger partial charge in [0.1, 0.15) is 17.1 Å². The van der Waals surface area contributed by atoms with Gasteiger partial charge in [0, 0.05) is 45.1 Å². The topological polar surface area (TPSA) is 63.5 Å². The van der Waals surface area contributed by atoms with E-state index in [1.165, 1.54) is 5.56 Å². The monoisotopic (exact) mass is 501 g/mol. The zero-order valence-corrected chi connectivity index (χ0v) is 18.3.